The van der Waals surface area contributed by atoms with Gasteiger partial charge >= 0.3 is 0 Å². The maximum Gasteiger partial charge on any atom is 0.149 e. The Hall–Kier alpha value is -1.29. The highest BCUT2D eigenvalue weighted by atomic mass is 35.5. The molecule has 2 N–H and O–H groups in total. The summed E-state index contributed by atoms with van der Waals surface area (Å²) in [6.45, 7) is 0.733. The molecule has 0 aliphatic carbocycles. The van der Waals surface area contributed by atoms with Gasteiger partial charge in [-0.05, 0) is 23.7 Å². The number of nitrogens with one attached hydrogen (secondary N) is 1. The number of phenolic OH excluding ortho intramolecular Hbond substituents is 1. The number of phenols is 1. The largest absolute Gasteiger partial charge is 0.505 e. The van der Waals surface area contributed by atoms with Crippen molar-refractivity contribution in [2.75, 3.05) is 17.7 Å². The molecular weight excluding hydrogens is 204 g/mol. The average Bonchev–Trinajstić information content (AvgIpc) is 2.18. The third-order valence-corrected chi connectivity index (χ3v) is 1.98. The molecule has 0 aromatic heterocycles. The Morgan fingerprint density at radius 3 is 2.86 bits per heavy atom. The predicted octanol–water partition coefficient (Wildman–Crippen LogP) is 2.83. The standard InChI is InChI=1S/C9H11ClN2O2/c10-4-1-5-11-7-2-3-8(12-14)9(13)6-7/h2-3,6,11,13H,1,4-5H2. The summed E-state index contributed by atoms with van der Waals surface area (Å²) in [6, 6.07) is 4.61. The van der Waals surface area contributed by atoms with E-state index in [0.717, 1.165) is 18.7 Å². The van der Waals surface area contributed by atoms with Crippen LogP contribution in [-0.2, 0) is 0 Å². The number of alkyl halides is 1. The third kappa shape index (κ3) is 2.88. The van der Waals surface area contributed by atoms with Crippen LogP contribution in [0.15, 0.2) is 23.4 Å². The summed E-state index contributed by atoms with van der Waals surface area (Å²) >= 11 is 5.50. The monoisotopic (exact) mass is 214 g/mol. The second kappa shape index (κ2) is 5.44. The fourth-order valence-electron chi connectivity index (χ4n) is 1.01. The van der Waals surface area contributed by atoms with E-state index in [-0.39, 0.29) is 11.4 Å². The molecule has 4 nitrogen and oxygen atoms in total. The van der Waals surface area contributed by atoms with Crippen molar-refractivity contribution in [3.05, 3.63) is 23.1 Å². The van der Waals surface area contributed by atoms with Crippen LogP contribution < -0.4 is 5.32 Å². The van der Waals surface area contributed by atoms with E-state index >= 15 is 0 Å². The maximum absolute atomic E-state index is 10.2. The van der Waals surface area contributed by atoms with Crippen LogP contribution in [0.2, 0.25) is 0 Å². The molecule has 0 unspecified atom stereocenters. The lowest BCUT2D eigenvalue weighted by atomic mass is 10.2. The van der Waals surface area contributed by atoms with Gasteiger partial charge in [0, 0.05) is 24.2 Å². The second-order valence-corrected chi connectivity index (χ2v) is 3.14. The van der Waals surface area contributed by atoms with Crippen LogP contribution in [0.3, 0.4) is 0 Å². The molecule has 0 saturated carbocycles. The number of rotatable bonds is 5. The number of aromatic hydroxyl groups is 1. The van der Waals surface area contributed by atoms with Crippen molar-refractivity contribution in [3.8, 4) is 5.75 Å². The van der Waals surface area contributed by atoms with Gasteiger partial charge in [-0.2, -0.15) is 0 Å². The fraction of sp³-hybridized carbons (Fsp3) is 0.333. The van der Waals surface area contributed by atoms with Crippen LogP contribution in [0.1, 0.15) is 6.42 Å². The van der Waals surface area contributed by atoms with Crippen LogP contribution in [0.4, 0.5) is 11.4 Å². The summed E-state index contributed by atoms with van der Waals surface area (Å²) in [6.07, 6.45) is 0.843. The van der Waals surface area contributed by atoms with E-state index < -0.39 is 0 Å². The van der Waals surface area contributed by atoms with Crippen LogP contribution in [0, 0.1) is 4.91 Å². The van der Waals surface area contributed by atoms with E-state index in [4.69, 9.17) is 11.6 Å². The minimum Gasteiger partial charge on any atom is -0.505 e. The van der Waals surface area contributed by atoms with Crippen molar-refractivity contribution < 1.29 is 5.11 Å². The first kappa shape index (κ1) is 10.8. The number of nitrogens with zero attached hydrogens (tertiary/aromatic N) is 1. The number of benzene rings is 1. The van der Waals surface area contributed by atoms with Crippen LogP contribution in [0.5, 0.6) is 5.75 Å². The predicted molar refractivity (Wildman–Crippen MR) is 57.4 cm³/mol. The summed E-state index contributed by atoms with van der Waals surface area (Å²) in [4.78, 5) is 10.2. The van der Waals surface area contributed by atoms with Gasteiger partial charge in [0.2, 0.25) is 0 Å². The molecule has 14 heavy (non-hydrogen) atoms. The van der Waals surface area contributed by atoms with Crippen molar-refractivity contribution in [2.24, 2.45) is 5.18 Å². The van der Waals surface area contributed by atoms with Gasteiger partial charge in [0.1, 0.15) is 11.4 Å². The Bertz CT molecular complexity index is 318. The molecule has 5 heteroatoms. The van der Waals surface area contributed by atoms with E-state index in [2.05, 4.69) is 10.5 Å². The zero-order chi connectivity index (χ0) is 10.4. The highest BCUT2D eigenvalue weighted by Crippen LogP contribution is 2.28. The number of hydrogen-bond donors (Lipinski definition) is 2. The summed E-state index contributed by atoms with van der Waals surface area (Å²) in [7, 11) is 0. The lowest BCUT2D eigenvalue weighted by molar-refractivity contribution is 0.477. The van der Waals surface area contributed by atoms with E-state index in [1.807, 2.05) is 0 Å². The van der Waals surface area contributed by atoms with Crippen LogP contribution in [-0.4, -0.2) is 17.5 Å². The first-order valence-electron chi connectivity index (χ1n) is 4.24. The first-order valence-corrected chi connectivity index (χ1v) is 4.77. The molecule has 0 bridgehead atoms. The molecular formula is C9H11ClN2O2. The highest BCUT2D eigenvalue weighted by Gasteiger charge is 2.01. The Morgan fingerprint density at radius 2 is 2.29 bits per heavy atom. The summed E-state index contributed by atoms with van der Waals surface area (Å²) in [5.74, 6) is 0.475. The second-order valence-electron chi connectivity index (χ2n) is 2.76. The van der Waals surface area contributed by atoms with Gasteiger partial charge in [-0.15, -0.1) is 16.5 Å². The molecule has 76 valence electrons. The molecule has 0 radical (unpaired) electrons. The summed E-state index contributed by atoms with van der Waals surface area (Å²) in [5, 5.41) is 15.0. The van der Waals surface area contributed by atoms with E-state index in [1.165, 1.54) is 12.1 Å². The first-order chi connectivity index (χ1) is 6.77. The number of nitroso groups, excluding NO2 is 1. The molecule has 0 amide bonds. The smallest absolute Gasteiger partial charge is 0.149 e. The molecule has 1 aromatic rings. The normalized spacial score (nSPS) is 9.79. The molecule has 1 rings (SSSR count). The molecule has 0 aliphatic rings. The van der Waals surface area contributed by atoms with Crippen molar-refractivity contribution in [2.45, 2.75) is 6.42 Å². The third-order valence-electron chi connectivity index (χ3n) is 1.71. The zero-order valence-electron chi connectivity index (χ0n) is 7.53. The minimum absolute atomic E-state index is 0.0490. The van der Waals surface area contributed by atoms with Crippen molar-refractivity contribution in [1.82, 2.24) is 0 Å². The molecule has 0 atom stereocenters. The number of anilines is 1. The molecule has 0 fully saturated rings. The summed E-state index contributed by atoms with van der Waals surface area (Å²) in [5.41, 5.74) is 0.799. The van der Waals surface area contributed by atoms with Gasteiger partial charge in [-0.1, -0.05) is 0 Å². The van der Waals surface area contributed by atoms with E-state index in [1.54, 1.807) is 6.07 Å². The summed E-state index contributed by atoms with van der Waals surface area (Å²) < 4.78 is 0. The Labute approximate surface area is 86.9 Å². The Morgan fingerprint density at radius 1 is 1.50 bits per heavy atom. The van der Waals surface area contributed by atoms with Gasteiger partial charge in [0.05, 0.1) is 0 Å². The molecule has 1 aromatic carbocycles. The molecule has 0 aliphatic heterocycles. The topological polar surface area (TPSA) is 61.7 Å². The van der Waals surface area contributed by atoms with Gasteiger partial charge in [0.15, 0.2) is 0 Å². The van der Waals surface area contributed by atoms with Crippen molar-refractivity contribution in [3.63, 3.8) is 0 Å². The number of halogens is 1. The Kier molecular flexibility index (Phi) is 4.19. The van der Waals surface area contributed by atoms with Gasteiger partial charge < -0.3 is 10.4 Å². The molecule has 0 saturated heterocycles. The lowest BCUT2D eigenvalue weighted by Gasteiger charge is -2.05. The van der Waals surface area contributed by atoms with Crippen LogP contribution in [0.25, 0.3) is 0 Å². The van der Waals surface area contributed by atoms with E-state index in [9.17, 15) is 10.0 Å². The average molecular weight is 215 g/mol. The van der Waals surface area contributed by atoms with Gasteiger partial charge in [-0.25, -0.2) is 0 Å². The number of hydrogen-bond acceptors (Lipinski definition) is 4. The van der Waals surface area contributed by atoms with Gasteiger partial charge in [-0.3, -0.25) is 0 Å². The van der Waals surface area contributed by atoms with E-state index in [0.29, 0.717) is 5.88 Å². The van der Waals surface area contributed by atoms with Crippen molar-refractivity contribution >= 4 is 23.0 Å². The van der Waals surface area contributed by atoms with Crippen molar-refractivity contribution in [1.29, 1.82) is 0 Å². The van der Waals surface area contributed by atoms with Crippen LogP contribution >= 0.6 is 11.6 Å². The highest BCUT2D eigenvalue weighted by molar-refractivity contribution is 6.17. The SMILES string of the molecule is O=Nc1ccc(NCCCCl)cc1O. The lowest BCUT2D eigenvalue weighted by Crippen LogP contribution is -2.01. The fourth-order valence-corrected chi connectivity index (χ4v) is 1.14. The minimum atomic E-state index is -0.115. The molecule has 0 spiro atoms. The Balaban J connectivity index is 2.62. The maximum atomic E-state index is 10.2. The quantitative estimate of drug-likeness (QED) is 0.450. The molecule has 0 heterocycles. The van der Waals surface area contributed by atoms with Gasteiger partial charge in [0.25, 0.3) is 0 Å². The zero-order valence-corrected chi connectivity index (χ0v) is 8.29.